The first-order chi connectivity index (χ1) is 6.83. The third-order valence-electron chi connectivity index (χ3n) is 2.03. The van der Waals surface area contributed by atoms with Crippen LogP contribution in [0.4, 0.5) is 0 Å². The van der Waals surface area contributed by atoms with Gasteiger partial charge >= 0.3 is 0 Å². The third-order valence-corrected chi connectivity index (χ3v) is 4.18. The van der Waals surface area contributed by atoms with Gasteiger partial charge in [-0.1, -0.05) is 18.2 Å². The molecule has 0 aliphatic carbocycles. The van der Waals surface area contributed by atoms with E-state index in [1.54, 1.807) is 11.8 Å². The fraction of sp³-hybridized carbons (Fsp3) is 0.200. The smallest absolute Gasteiger partial charge is 0.178 e. The molecule has 0 saturated heterocycles. The molecule has 14 heavy (non-hydrogen) atoms. The molecule has 1 aliphatic rings. The van der Waals surface area contributed by atoms with E-state index in [9.17, 15) is 4.79 Å². The number of hydrogen-bond donors (Lipinski definition) is 0. The number of carbonyl (C=O) groups is 1. The molecule has 1 aromatic rings. The fourth-order valence-electron chi connectivity index (χ4n) is 1.36. The molecule has 0 bridgehead atoms. The first-order valence-electron chi connectivity index (χ1n) is 4.13. The molecule has 2 rings (SSSR count). The molecule has 0 N–H and O–H groups in total. The van der Waals surface area contributed by atoms with Gasteiger partial charge in [-0.3, -0.25) is 4.79 Å². The summed E-state index contributed by atoms with van der Waals surface area (Å²) < 4.78 is 0. The highest BCUT2D eigenvalue weighted by Gasteiger charge is 2.27. The molecular formula is C10H7NOS2. The van der Waals surface area contributed by atoms with Crippen LogP contribution in [0.25, 0.3) is 0 Å². The standard InChI is InChI=1S/C10H7NOS2/c11-6-14-9-5-13-8-4-2-1-3-7(8)10(9)12/h1-4,9H,5H2. The van der Waals surface area contributed by atoms with Crippen LogP contribution in [0.2, 0.25) is 0 Å². The third kappa shape index (κ3) is 1.66. The minimum absolute atomic E-state index is 0.0888. The van der Waals surface area contributed by atoms with Crippen molar-refractivity contribution in [1.82, 2.24) is 0 Å². The highest BCUT2D eigenvalue weighted by Crippen LogP contribution is 2.34. The monoisotopic (exact) mass is 221 g/mol. The predicted octanol–water partition coefficient (Wildman–Crippen LogP) is 2.56. The first kappa shape index (κ1) is 9.63. The van der Waals surface area contributed by atoms with E-state index in [1.165, 1.54) is 0 Å². The van der Waals surface area contributed by atoms with Gasteiger partial charge in [-0.2, -0.15) is 5.26 Å². The summed E-state index contributed by atoms with van der Waals surface area (Å²) in [6, 6.07) is 7.56. The van der Waals surface area contributed by atoms with E-state index >= 15 is 0 Å². The van der Waals surface area contributed by atoms with E-state index in [0.717, 1.165) is 22.2 Å². The van der Waals surface area contributed by atoms with Crippen molar-refractivity contribution >= 4 is 29.3 Å². The van der Waals surface area contributed by atoms with Gasteiger partial charge in [-0.05, 0) is 17.8 Å². The van der Waals surface area contributed by atoms with Gasteiger partial charge in [0, 0.05) is 16.2 Å². The predicted molar refractivity (Wildman–Crippen MR) is 58.5 cm³/mol. The minimum atomic E-state index is -0.195. The lowest BCUT2D eigenvalue weighted by molar-refractivity contribution is 0.0991. The maximum atomic E-state index is 11.8. The molecule has 0 saturated carbocycles. The molecule has 70 valence electrons. The van der Waals surface area contributed by atoms with Gasteiger partial charge < -0.3 is 0 Å². The van der Waals surface area contributed by atoms with Crippen LogP contribution in [-0.4, -0.2) is 16.8 Å². The van der Waals surface area contributed by atoms with Crippen molar-refractivity contribution in [1.29, 1.82) is 5.26 Å². The maximum Gasteiger partial charge on any atom is 0.178 e. The second kappa shape index (κ2) is 4.07. The summed E-state index contributed by atoms with van der Waals surface area (Å²) >= 11 is 2.71. The molecule has 1 aromatic carbocycles. The highest BCUT2D eigenvalue weighted by molar-refractivity contribution is 8.07. The van der Waals surface area contributed by atoms with E-state index in [4.69, 9.17) is 5.26 Å². The Morgan fingerprint density at radius 2 is 2.29 bits per heavy atom. The Bertz CT molecular complexity index is 411. The molecule has 0 aromatic heterocycles. The molecule has 1 heterocycles. The number of fused-ring (bicyclic) bond motifs is 1. The summed E-state index contributed by atoms with van der Waals surface area (Å²) in [6.45, 7) is 0. The summed E-state index contributed by atoms with van der Waals surface area (Å²) in [5.74, 6) is 0.791. The van der Waals surface area contributed by atoms with Crippen LogP contribution in [0.15, 0.2) is 29.2 Å². The van der Waals surface area contributed by atoms with E-state index in [0.29, 0.717) is 5.75 Å². The van der Waals surface area contributed by atoms with Crippen LogP contribution in [0.1, 0.15) is 10.4 Å². The normalized spacial score (nSPS) is 19.9. The number of nitriles is 1. The van der Waals surface area contributed by atoms with E-state index in [1.807, 2.05) is 29.7 Å². The number of hydrogen-bond acceptors (Lipinski definition) is 4. The van der Waals surface area contributed by atoms with Crippen molar-refractivity contribution in [3.05, 3.63) is 29.8 Å². The quantitative estimate of drug-likeness (QED) is 0.683. The van der Waals surface area contributed by atoms with Gasteiger partial charge in [-0.15, -0.1) is 11.8 Å². The molecule has 0 radical (unpaired) electrons. The van der Waals surface area contributed by atoms with Gasteiger partial charge in [0.25, 0.3) is 0 Å². The number of ketones is 1. The second-order valence-electron chi connectivity index (χ2n) is 2.87. The number of thiocyanates is 1. The summed E-state index contributed by atoms with van der Waals surface area (Å²) in [5.41, 5.74) is 0.761. The van der Waals surface area contributed by atoms with Crippen LogP contribution in [0.5, 0.6) is 0 Å². The van der Waals surface area contributed by atoms with Crippen LogP contribution in [0, 0.1) is 10.7 Å². The number of thioether (sulfide) groups is 2. The van der Waals surface area contributed by atoms with E-state index in [-0.39, 0.29) is 11.0 Å². The lowest BCUT2D eigenvalue weighted by Crippen LogP contribution is -2.24. The molecular weight excluding hydrogens is 214 g/mol. The van der Waals surface area contributed by atoms with Crippen LogP contribution >= 0.6 is 23.5 Å². The lowest BCUT2D eigenvalue weighted by Gasteiger charge is -2.19. The molecule has 1 unspecified atom stereocenters. The Kier molecular flexibility index (Phi) is 2.80. The number of benzene rings is 1. The first-order valence-corrected chi connectivity index (χ1v) is 6.00. The highest BCUT2D eigenvalue weighted by atomic mass is 32.2. The van der Waals surface area contributed by atoms with Gasteiger partial charge in [0.05, 0.1) is 5.25 Å². The topological polar surface area (TPSA) is 40.9 Å². The largest absolute Gasteiger partial charge is 0.293 e. The zero-order valence-corrected chi connectivity index (χ0v) is 8.90. The second-order valence-corrected chi connectivity index (χ2v) is 4.92. The van der Waals surface area contributed by atoms with Crippen LogP contribution in [0.3, 0.4) is 0 Å². The average molecular weight is 221 g/mol. The molecule has 0 fully saturated rings. The van der Waals surface area contributed by atoms with E-state index in [2.05, 4.69) is 0 Å². The summed E-state index contributed by atoms with van der Waals surface area (Å²) in [4.78, 5) is 12.9. The van der Waals surface area contributed by atoms with Crippen molar-refractivity contribution in [2.24, 2.45) is 0 Å². The van der Waals surface area contributed by atoms with Gasteiger partial charge in [0.1, 0.15) is 5.40 Å². The molecule has 1 atom stereocenters. The van der Waals surface area contributed by atoms with Crippen molar-refractivity contribution in [2.75, 3.05) is 5.75 Å². The van der Waals surface area contributed by atoms with E-state index < -0.39 is 0 Å². The molecule has 1 aliphatic heterocycles. The van der Waals surface area contributed by atoms with Crippen LogP contribution < -0.4 is 0 Å². The van der Waals surface area contributed by atoms with Crippen molar-refractivity contribution in [3.8, 4) is 5.40 Å². The Labute approximate surface area is 90.7 Å². The molecule has 2 nitrogen and oxygen atoms in total. The molecule has 0 amide bonds. The summed E-state index contributed by atoms with van der Waals surface area (Å²) in [6.07, 6.45) is 0. The fourth-order valence-corrected chi connectivity index (χ4v) is 3.18. The summed E-state index contributed by atoms with van der Waals surface area (Å²) in [7, 11) is 0. The Morgan fingerprint density at radius 1 is 1.50 bits per heavy atom. The molecule has 0 spiro atoms. The minimum Gasteiger partial charge on any atom is -0.293 e. The van der Waals surface area contributed by atoms with Crippen molar-refractivity contribution in [3.63, 3.8) is 0 Å². The number of carbonyl (C=O) groups excluding carboxylic acids is 1. The van der Waals surface area contributed by atoms with Gasteiger partial charge in [-0.25, -0.2) is 0 Å². The molecule has 4 heteroatoms. The Morgan fingerprint density at radius 3 is 3.07 bits per heavy atom. The SMILES string of the molecule is N#CSC1CSc2ccccc2C1=O. The Balaban J connectivity index is 2.33. The van der Waals surface area contributed by atoms with Crippen molar-refractivity contribution in [2.45, 2.75) is 10.1 Å². The number of nitrogens with zero attached hydrogens (tertiary/aromatic N) is 1. The van der Waals surface area contributed by atoms with Gasteiger partial charge in [0.15, 0.2) is 5.78 Å². The maximum absolute atomic E-state index is 11.8. The Hall–Kier alpha value is -0.920. The number of rotatable bonds is 1. The summed E-state index contributed by atoms with van der Waals surface area (Å²) in [5, 5.41) is 10.3. The van der Waals surface area contributed by atoms with Gasteiger partial charge in [0.2, 0.25) is 0 Å². The number of Topliss-reactive ketones (excluding diaryl/α,β-unsaturated/α-hetero) is 1. The average Bonchev–Trinajstić information content (AvgIpc) is 2.23. The zero-order valence-electron chi connectivity index (χ0n) is 7.27. The zero-order chi connectivity index (χ0) is 9.97. The van der Waals surface area contributed by atoms with Crippen molar-refractivity contribution < 1.29 is 4.79 Å². The lowest BCUT2D eigenvalue weighted by atomic mass is 10.1. The van der Waals surface area contributed by atoms with Crippen LogP contribution in [-0.2, 0) is 0 Å².